The van der Waals surface area contributed by atoms with Crippen molar-refractivity contribution in [2.24, 2.45) is 0 Å². The average molecular weight is 295 g/mol. The molecule has 0 aliphatic carbocycles. The molecule has 0 heterocycles. The minimum Gasteiger partial charge on any atom is -0.466 e. The smallest absolute Gasteiger partial charge is 0.306 e. The van der Waals surface area contributed by atoms with Crippen LogP contribution in [0.2, 0.25) is 0 Å². The summed E-state index contributed by atoms with van der Waals surface area (Å²) in [5.41, 5.74) is 1.55. The van der Waals surface area contributed by atoms with E-state index in [9.17, 15) is 4.79 Å². The van der Waals surface area contributed by atoms with Crippen molar-refractivity contribution >= 4 is 5.97 Å². The first-order chi connectivity index (χ1) is 10.7. The SMILES string of the molecule is CCOC(=O)CCc1cccc(Oc2cccc(C#N)c2)c1. The fourth-order valence-electron chi connectivity index (χ4n) is 2.01. The Kier molecular flexibility index (Phi) is 5.56. The Balaban J connectivity index is 2.02. The van der Waals surface area contributed by atoms with Gasteiger partial charge in [-0.3, -0.25) is 4.79 Å². The van der Waals surface area contributed by atoms with Crippen molar-refractivity contribution < 1.29 is 14.3 Å². The van der Waals surface area contributed by atoms with Crippen LogP contribution in [0.25, 0.3) is 0 Å². The normalized spacial score (nSPS) is 9.82. The van der Waals surface area contributed by atoms with Crippen LogP contribution >= 0.6 is 0 Å². The number of ether oxygens (including phenoxy) is 2. The molecule has 112 valence electrons. The van der Waals surface area contributed by atoms with E-state index < -0.39 is 0 Å². The third kappa shape index (κ3) is 4.64. The van der Waals surface area contributed by atoms with E-state index >= 15 is 0 Å². The summed E-state index contributed by atoms with van der Waals surface area (Å²) in [5.74, 6) is 1.09. The van der Waals surface area contributed by atoms with E-state index in [1.54, 1.807) is 31.2 Å². The molecule has 2 aromatic rings. The van der Waals surface area contributed by atoms with E-state index in [1.165, 1.54) is 0 Å². The summed E-state index contributed by atoms with van der Waals surface area (Å²) >= 11 is 0. The van der Waals surface area contributed by atoms with E-state index in [0.29, 0.717) is 36.5 Å². The molecular weight excluding hydrogens is 278 g/mol. The summed E-state index contributed by atoms with van der Waals surface area (Å²) in [4.78, 5) is 11.4. The second-order valence-electron chi connectivity index (χ2n) is 4.69. The van der Waals surface area contributed by atoms with E-state index in [-0.39, 0.29) is 5.97 Å². The van der Waals surface area contributed by atoms with Gasteiger partial charge in [0.25, 0.3) is 0 Å². The van der Waals surface area contributed by atoms with Gasteiger partial charge in [-0.25, -0.2) is 0 Å². The number of hydrogen-bond donors (Lipinski definition) is 0. The Labute approximate surface area is 129 Å². The van der Waals surface area contributed by atoms with Gasteiger partial charge >= 0.3 is 5.97 Å². The van der Waals surface area contributed by atoms with E-state index in [4.69, 9.17) is 14.7 Å². The van der Waals surface area contributed by atoms with Gasteiger partial charge in [0, 0.05) is 6.42 Å². The topological polar surface area (TPSA) is 59.3 Å². The van der Waals surface area contributed by atoms with E-state index in [1.807, 2.05) is 24.3 Å². The van der Waals surface area contributed by atoms with Crippen LogP contribution < -0.4 is 4.74 Å². The molecule has 0 amide bonds. The van der Waals surface area contributed by atoms with Gasteiger partial charge in [0.1, 0.15) is 11.5 Å². The molecule has 0 spiro atoms. The highest BCUT2D eigenvalue weighted by Gasteiger charge is 2.04. The molecule has 0 saturated heterocycles. The zero-order valence-corrected chi connectivity index (χ0v) is 12.4. The van der Waals surface area contributed by atoms with Crippen molar-refractivity contribution in [2.75, 3.05) is 6.61 Å². The summed E-state index contributed by atoms with van der Waals surface area (Å²) in [5, 5.41) is 8.89. The molecule has 0 aliphatic rings. The van der Waals surface area contributed by atoms with Crippen LogP contribution in [0.4, 0.5) is 0 Å². The van der Waals surface area contributed by atoms with E-state index in [0.717, 1.165) is 5.56 Å². The predicted octanol–water partition coefficient (Wildman–Crippen LogP) is 3.85. The maximum Gasteiger partial charge on any atom is 0.306 e. The maximum atomic E-state index is 11.4. The molecule has 0 aliphatic heterocycles. The summed E-state index contributed by atoms with van der Waals surface area (Å²) < 4.78 is 10.7. The quantitative estimate of drug-likeness (QED) is 0.760. The number of rotatable bonds is 6. The van der Waals surface area contributed by atoms with Crippen LogP contribution in [0.1, 0.15) is 24.5 Å². The molecule has 0 aromatic heterocycles. The lowest BCUT2D eigenvalue weighted by Gasteiger charge is -2.08. The lowest BCUT2D eigenvalue weighted by Crippen LogP contribution is -2.05. The Morgan fingerprint density at radius 3 is 2.59 bits per heavy atom. The first-order valence-corrected chi connectivity index (χ1v) is 7.14. The first kappa shape index (κ1) is 15.6. The summed E-state index contributed by atoms with van der Waals surface area (Å²) in [6, 6.07) is 16.6. The van der Waals surface area contributed by atoms with Gasteiger partial charge in [-0.1, -0.05) is 18.2 Å². The number of carbonyl (C=O) groups is 1. The van der Waals surface area contributed by atoms with Crippen molar-refractivity contribution in [3.8, 4) is 17.6 Å². The van der Waals surface area contributed by atoms with Gasteiger partial charge in [-0.05, 0) is 49.2 Å². The monoisotopic (exact) mass is 295 g/mol. The Morgan fingerprint density at radius 1 is 1.14 bits per heavy atom. The van der Waals surface area contributed by atoms with Crippen molar-refractivity contribution in [2.45, 2.75) is 19.8 Å². The lowest BCUT2D eigenvalue weighted by molar-refractivity contribution is -0.143. The highest BCUT2D eigenvalue weighted by Crippen LogP contribution is 2.23. The number of nitriles is 1. The van der Waals surface area contributed by atoms with Crippen molar-refractivity contribution in [1.82, 2.24) is 0 Å². The fourth-order valence-corrected chi connectivity index (χ4v) is 2.01. The molecule has 0 atom stereocenters. The minimum absolute atomic E-state index is 0.199. The molecule has 22 heavy (non-hydrogen) atoms. The van der Waals surface area contributed by atoms with Crippen LogP contribution in [0.5, 0.6) is 11.5 Å². The number of benzene rings is 2. The molecule has 0 fully saturated rings. The number of aryl methyl sites for hydroxylation is 1. The molecular formula is C18H17NO3. The number of esters is 1. The number of carbonyl (C=O) groups excluding carboxylic acids is 1. The molecule has 0 saturated carbocycles. The molecule has 0 N–H and O–H groups in total. The third-order valence-corrected chi connectivity index (χ3v) is 3.02. The van der Waals surface area contributed by atoms with Crippen molar-refractivity contribution in [3.63, 3.8) is 0 Å². The van der Waals surface area contributed by atoms with Gasteiger partial charge in [-0.2, -0.15) is 5.26 Å². The van der Waals surface area contributed by atoms with Crippen LogP contribution in [0, 0.1) is 11.3 Å². The third-order valence-electron chi connectivity index (χ3n) is 3.02. The largest absolute Gasteiger partial charge is 0.466 e. The summed E-state index contributed by atoms with van der Waals surface area (Å²) in [6.45, 7) is 2.19. The van der Waals surface area contributed by atoms with Gasteiger partial charge < -0.3 is 9.47 Å². The maximum absolute atomic E-state index is 11.4. The van der Waals surface area contributed by atoms with Crippen LogP contribution in [-0.2, 0) is 16.0 Å². The molecule has 2 aromatic carbocycles. The minimum atomic E-state index is -0.199. The lowest BCUT2D eigenvalue weighted by atomic mass is 10.1. The number of nitrogens with zero attached hydrogens (tertiary/aromatic N) is 1. The summed E-state index contributed by atoms with van der Waals surface area (Å²) in [6.07, 6.45) is 0.954. The highest BCUT2D eigenvalue weighted by atomic mass is 16.5. The molecule has 4 heteroatoms. The Bertz CT molecular complexity index is 689. The zero-order valence-electron chi connectivity index (χ0n) is 12.4. The zero-order chi connectivity index (χ0) is 15.8. The molecule has 0 bridgehead atoms. The fraction of sp³-hybridized carbons (Fsp3) is 0.222. The highest BCUT2D eigenvalue weighted by molar-refractivity contribution is 5.69. The standard InChI is InChI=1S/C18H17NO3/c1-2-21-18(20)10-9-14-5-3-7-16(11-14)22-17-8-4-6-15(12-17)13-19/h3-8,11-12H,2,9-10H2,1H3. The Hall–Kier alpha value is -2.80. The van der Waals surface area contributed by atoms with Crippen LogP contribution in [0.15, 0.2) is 48.5 Å². The number of hydrogen-bond acceptors (Lipinski definition) is 4. The second kappa shape index (κ2) is 7.84. The Morgan fingerprint density at radius 2 is 1.86 bits per heavy atom. The van der Waals surface area contributed by atoms with Gasteiger partial charge in [0.05, 0.1) is 18.2 Å². The molecule has 4 nitrogen and oxygen atoms in total. The molecule has 0 radical (unpaired) electrons. The molecule has 2 rings (SSSR count). The van der Waals surface area contributed by atoms with Crippen LogP contribution in [-0.4, -0.2) is 12.6 Å². The van der Waals surface area contributed by atoms with Crippen LogP contribution in [0.3, 0.4) is 0 Å². The van der Waals surface area contributed by atoms with Crippen molar-refractivity contribution in [3.05, 3.63) is 59.7 Å². The second-order valence-corrected chi connectivity index (χ2v) is 4.69. The van der Waals surface area contributed by atoms with Gasteiger partial charge in [-0.15, -0.1) is 0 Å². The van der Waals surface area contributed by atoms with Gasteiger partial charge in [0.2, 0.25) is 0 Å². The van der Waals surface area contributed by atoms with Crippen molar-refractivity contribution in [1.29, 1.82) is 5.26 Å². The molecule has 0 unspecified atom stereocenters. The summed E-state index contributed by atoms with van der Waals surface area (Å²) in [7, 11) is 0. The average Bonchev–Trinajstić information content (AvgIpc) is 2.54. The first-order valence-electron chi connectivity index (χ1n) is 7.14. The van der Waals surface area contributed by atoms with E-state index in [2.05, 4.69) is 6.07 Å². The van der Waals surface area contributed by atoms with Gasteiger partial charge in [0.15, 0.2) is 0 Å². The predicted molar refractivity (Wildman–Crippen MR) is 82.6 cm³/mol.